The Morgan fingerprint density at radius 3 is 2.66 bits per heavy atom. The topological polar surface area (TPSA) is 67.2 Å². The van der Waals surface area contributed by atoms with Crippen LogP contribution in [0.2, 0.25) is 0 Å². The van der Waals surface area contributed by atoms with Gasteiger partial charge in [0.15, 0.2) is 0 Å². The molecule has 2 atom stereocenters. The third-order valence-electron chi connectivity index (χ3n) is 5.41. The average Bonchev–Trinajstić information content (AvgIpc) is 3.30. The van der Waals surface area contributed by atoms with Gasteiger partial charge in [-0.2, -0.15) is 5.10 Å². The van der Waals surface area contributed by atoms with Gasteiger partial charge in [0.05, 0.1) is 11.7 Å². The first-order valence-electron chi connectivity index (χ1n) is 10.2. The molecule has 2 amide bonds. The van der Waals surface area contributed by atoms with E-state index < -0.39 is 6.04 Å². The highest BCUT2D eigenvalue weighted by atomic mass is 19.1. The second-order valence-electron chi connectivity index (χ2n) is 8.15. The van der Waals surface area contributed by atoms with Crippen LogP contribution in [0.3, 0.4) is 0 Å². The van der Waals surface area contributed by atoms with Crippen LogP contribution in [0, 0.1) is 11.7 Å². The van der Waals surface area contributed by atoms with Crippen molar-refractivity contribution in [2.45, 2.75) is 52.1 Å². The Hall–Kier alpha value is -2.70. The Labute approximate surface area is 171 Å². The van der Waals surface area contributed by atoms with Gasteiger partial charge in [0.2, 0.25) is 11.8 Å². The summed E-state index contributed by atoms with van der Waals surface area (Å²) >= 11 is 0. The molecule has 2 heterocycles. The fraction of sp³-hybridized carbons (Fsp3) is 0.500. The van der Waals surface area contributed by atoms with Crippen molar-refractivity contribution in [3.8, 4) is 11.3 Å². The molecule has 7 heteroatoms. The summed E-state index contributed by atoms with van der Waals surface area (Å²) in [6, 6.07) is 5.92. The molecule has 29 heavy (non-hydrogen) atoms. The van der Waals surface area contributed by atoms with Crippen molar-refractivity contribution in [1.82, 2.24) is 20.0 Å². The van der Waals surface area contributed by atoms with Crippen molar-refractivity contribution < 1.29 is 14.0 Å². The second-order valence-corrected chi connectivity index (χ2v) is 8.15. The Kier molecular flexibility index (Phi) is 6.35. The molecule has 0 spiro atoms. The van der Waals surface area contributed by atoms with Gasteiger partial charge in [-0.15, -0.1) is 0 Å². The van der Waals surface area contributed by atoms with Crippen molar-refractivity contribution >= 4 is 11.8 Å². The lowest BCUT2D eigenvalue weighted by Crippen LogP contribution is -2.46. The summed E-state index contributed by atoms with van der Waals surface area (Å²) in [4.78, 5) is 26.9. The van der Waals surface area contributed by atoms with Crippen LogP contribution < -0.4 is 5.32 Å². The highest BCUT2D eigenvalue weighted by Crippen LogP contribution is 2.26. The fourth-order valence-corrected chi connectivity index (χ4v) is 3.84. The molecule has 2 unspecified atom stereocenters. The third kappa shape index (κ3) is 4.66. The van der Waals surface area contributed by atoms with Gasteiger partial charge in [0.1, 0.15) is 11.9 Å². The lowest BCUT2D eigenvalue weighted by atomic mass is 10.0. The van der Waals surface area contributed by atoms with Crippen molar-refractivity contribution in [2.75, 3.05) is 6.54 Å². The summed E-state index contributed by atoms with van der Waals surface area (Å²) in [5.74, 6) is -0.256. The van der Waals surface area contributed by atoms with Crippen molar-refractivity contribution in [3.63, 3.8) is 0 Å². The zero-order valence-electron chi connectivity index (χ0n) is 17.5. The number of hydrogen-bond acceptors (Lipinski definition) is 3. The normalized spacial score (nSPS) is 17.6. The van der Waals surface area contributed by atoms with E-state index in [9.17, 15) is 14.0 Å². The average molecular weight is 400 g/mol. The number of likely N-dealkylation sites (tertiary alicyclic amines) is 1. The molecule has 3 rings (SSSR count). The van der Waals surface area contributed by atoms with Crippen LogP contribution in [-0.2, 0) is 16.6 Å². The molecule has 156 valence electrons. The molecule has 0 aliphatic carbocycles. The van der Waals surface area contributed by atoms with Crippen molar-refractivity contribution in [3.05, 3.63) is 41.8 Å². The van der Waals surface area contributed by atoms with Crippen LogP contribution in [0.1, 0.15) is 51.6 Å². The second kappa shape index (κ2) is 8.76. The Bertz CT molecular complexity index is 893. The molecular formula is C22H29FN4O2. The molecule has 6 nitrogen and oxygen atoms in total. The SMILES string of the molecule is CC(C)CC(=O)N1CCCC1C(=O)NC(C)c1ccc(-c2ccnn2C)c(F)c1. The van der Waals surface area contributed by atoms with Crippen LogP contribution in [0.15, 0.2) is 30.5 Å². The largest absolute Gasteiger partial charge is 0.348 e. The number of aromatic nitrogens is 2. The number of nitrogens with zero attached hydrogens (tertiary/aromatic N) is 3. The Morgan fingerprint density at radius 1 is 1.28 bits per heavy atom. The molecule has 1 aliphatic rings. The molecule has 0 bridgehead atoms. The fourth-order valence-electron chi connectivity index (χ4n) is 3.84. The van der Waals surface area contributed by atoms with Gasteiger partial charge in [0.25, 0.3) is 0 Å². The summed E-state index contributed by atoms with van der Waals surface area (Å²) in [5, 5.41) is 7.03. The third-order valence-corrected chi connectivity index (χ3v) is 5.41. The molecule has 1 aliphatic heterocycles. The van der Waals surface area contributed by atoms with Crippen LogP contribution in [0.25, 0.3) is 11.3 Å². The molecule has 1 aromatic carbocycles. The number of nitrogens with one attached hydrogen (secondary N) is 1. The predicted octanol–water partition coefficient (Wildman–Crippen LogP) is 3.44. The van der Waals surface area contributed by atoms with Gasteiger partial charge in [-0.05, 0) is 49.4 Å². The molecule has 0 radical (unpaired) electrons. The highest BCUT2D eigenvalue weighted by Gasteiger charge is 2.34. The number of amides is 2. The Morgan fingerprint density at radius 2 is 2.03 bits per heavy atom. The lowest BCUT2D eigenvalue weighted by molar-refractivity contribution is -0.139. The van der Waals surface area contributed by atoms with Gasteiger partial charge >= 0.3 is 0 Å². The van der Waals surface area contributed by atoms with Crippen molar-refractivity contribution in [1.29, 1.82) is 0 Å². The molecule has 0 saturated carbocycles. The molecule has 1 N–H and O–H groups in total. The van der Waals surface area contributed by atoms with E-state index in [0.717, 1.165) is 6.42 Å². The first-order valence-corrected chi connectivity index (χ1v) is 10.2. The zero-order chi connectivity index (χ0) is 21.1. The van der Waals surface area contributed by atoms with E-state index in [1.165, 1.54) is 6.07 Å². The number of rotatable bonds is 6. The summed E-state index contributed by atoms with van der Waals surface area (Å²) in [6.45, 7) is 6.43. The summed E-state index contributed by atoms with van der Waals surface area (Å²) in [5.41, 5.74) is 1.84. The quantitative estimate of drug-likeness (QED) is 0.808. The first kappa shape index (κ1) is 21.0. The van der Waals surface area contributed by atoms with Crippen molar-refractivity contribution in [2.24, 2.45) is 13.0 Å². The molecule has 1 aromatic heterocycles. The maximum atomic E-state index is 14.7. The summed E-state index contributed by atoms with van der Waals surface area (Å²) in [6.07, 6.45) is 3.56. The minimum atomic E-state index is -0.442. The van der Waals surface area contributed by atoms with E-state index in [1.807, 2.05) is 26.8 Å². The van der Waals surface area contributed by atoms with E-state index in [-0.39, 0.29) is 29.6 Å². The molecule has 2 aromatic rings. The molecule has 1 saturated heterocycles. The lowest BCUT2D eigenvalue weighted by Gasteiger charge is -2.26. The maximum absolute atomic E-state index is 14.7. The number of aryl methyl sites for hydroxylation is 1. The van der Waals surface area contributed by atoms with Crippen LogP contribution in [-0.4, -0.2) is 39.1 Å². The minimum absolute atomic E-state index is 0.0249. The van der Waals surface area contributed by atoms with Gasteiger partial charge in [-0.25, -0.2) is 4.39 Å². The van der Waals surface area contributed by atoms with Crippen LogP contribution >= 0.6 is 0 Å². The van der Waals surface area contributed by atoms with Gasteiger partial charge in [-0.3, -0.25) is 14.3 Å². The number of hydrogen-bond donors (Lipinski definition) is 1. The van der Waals surface area contributed by atoms with E-state index >= 15 is 0 Å². The number of carbonyl (C=O) groups excluding carboxylic acids is 2. The monoisotopic (exact) mass is 400 g/mol. The van der Waals surface area contributed by atoms with Crippen LogP contribution in [0.5, 0.6) is 0 Å². The minimum Gasteiger partial charge on any atom is -0.348 e. The van der Waals surface area contributed by atoms with E-state index in [1.54, 1.807) is 35.0 Å². The maximum Gasteiger partial charge on any atom is 0.243 e. The zero-order valence-corrected chi connectivity index (χ0v) is 17.5. The molecule has 1 fully saturated rings. The number of benzene rings is 1. The first-order chi connectivity index (χ1) is 13.8. The standard InChI is InChI=1S/C22H29FN4O2/c1-14(2)12-21(28)27-11-5-6-20(27)22(29)25-15(3)16-7-8-17(18(23)13-16)19-9-10-24-26(19)4/h7-10,13-15,20H,5-6,11-12H2,1-4H3,(H,25,29). The van der Waals surface area contributed by atoms with Crippen LogP contribution in [0.4, 0.5) is 4.39 Å². The van der Waals surface area contributed by atoms with Gasteiger partial charge in [-0.1, -0.05) is 19.9 Å². The summed E-state index contributed by atoms with van der Waals surface area (Å²) in [7, 11) is 1.76. The van der Waals surface area contributed by atoms with E-state index in [4.69, 9.17) is 0 Å². The Balaban J connectivity index is 1.69. The highest BCUT2D eigenvalue weighted by molar-refractivity contribution is 5.88. The van der Waals surface area contributed by atoms with E-state index in [0.29, 0.717) is 36.2 Å². The smallest absolute Gasteiger partial charge is 0.243 e. The number of halogens is 1. The predicted molar refractivity (Wildman–Crippen MR) is 109 cm³/mol. The van der Waals surface area contributed by atoms with E-state index in [2.05, 4.69) is 10.4 Å². The number of carbonyl (C=O) groups is 2. The van der Waals surface area contributed by atoms with Gasteiger partial charge in [0, 0.05) is 31.8 Å². The summed E-state index contributed by atoms with van der Waals surface area (Å²) < 4.78 is 16.3. The van der Waals surface area contributed by atoms with Gasteiger partial charge < -0.3 is 10.2 Å². The molecular weight excluding hydrogens is 371 g/mol.